The molecule has 1 amide bonds. The Labute approximate surface area is 160 Å². The number of rotatable bonds is 8. The zero-order valence-corrected chi connectivity index (χ0v) is 15.4. The summed E-state index contributed by atoms with van der Waals surface area (Å²) >= 11 is 0. The first kappa shape index (κ1) is 20.9. The van der Waals surface area contributed by atoms with Gasteiger partial charge in [-0.15, -0.1) is 0 Å². The summed E-state index contributed by atoms with van der Waals surface area (Å²) in [4.78, 5) is 24.3. The van der Waals surface area contributed by atoms with Gasteiger partial charge in [0.05, 0.1) is 19.8 Å². The zero-order valence-electron chi connectivity index (χ0n) is 15.4. The van der Waals surface area contributed by atoms with Gasteiger partial charge in [0.25, 0.3) is 5.91 Å². The Morgan fingerprint density at radius 3 is 2.18 bits per heavy atom. The number of methoxy groups -OCH3 is 2. The number of halogens is 2. The van der Waals surface area contributed by atoms with Crippen molar-refractivity contribution >= 4 is 17.6 Å². The van der Waals surface area contributed by atoms with E-state index in [0.29, 0.717) is 17.2 Å². The number of ether oxygens (including phenoxy) is 4. The van der Waals surface area contributed by atoms with Gasteiger partial charge in [0.2, 0.25) is 0 Å². The van der Waals surface area contributed by atoms with Crippen molar-refractivity contribution in [3.05, 3.63) is 48.0 Å². The van der Waals surface area contributed by atoms with Crippen LogP contribution in [-0.4, -0.2) is 38.8 Å². The number of hydrogen-bond donors (Lipinski definition) is 1. The van der Waals surface area contributed by atoms with Crippen molar-refractivity contribution in [1.29, 1.82) is 0 Å². The third-order valence-electron chi connectivity index (χ3n) is 3.62. The first-order chi connectivity index (χ1) is 13.3. The SMILES string of the molecule is COc1ccc(NC(=O)C(C)OC(=O)c2ccc(OC(F)F)cc2)cc1OC. The standard InChI is InChI=1S/C19H19F2NO6/c1-11(17(23)22-13-6-9-15(25-2)16(10-13)26-3)27-18(24)12-4-7-14(8-5-12)28-19(20)21/h4-11,19H,1-3H3,(H,22,23). The van der Waals surface area contributed by atoms with Crippen LogP contribution >= 0.6 is 0 Å². The van der Waals surface area contributed by atoms with E-state index in [-0.39, 0.29) is 11.3 Å². The van der Waals surface area contributed by atoms with Crippen molar-refractivity contribution in [2.45, 2.75) is 19.6 Å². The highest BCUT2D eigenvalue weighted by Crippen LogP contribution is 2.29. The average molecular weight is 395 g/mol. The molecule has 0 heterocycles. The van der Waals surface area contributed by atoms with Crippen molar-refractivity contribution in [3.63, 3.8) is 0 Å². The summed E-state index contributed by atoms with van der Waals surface area (Å²) < 4.78 is 43.8. The first-order valence-corrected chi connectivity index (χ1v) is 8.12. The molecule has 0 saturated carbocycles. The van der Waals surface area contributed by atoms with E-state index in [4.69, 9.17) is 14.2 Å². The van der Waals surface area contributed by atoms with Gasteiger partial charge < -0.3 is 24.3 Å². The number of benzene rings is 2. The predicted molar refractivity (Wildman–Crippen MR) is 96.1 cm³/mol. The van der Waals surface area contributed by atoms with Gasteiger partial charge >= 0.3 is 12.6 Å². The zero-order chi connectivity index (χ0) is 20.7. The third kappa shape index (κ3) is 5.57. The Morgan fingerprint density at radius 1 is 0.964 bits per heavy atom. The predicted octanol–water partition coefficient (Wildman–Crippen LogP) is 3.49. The van der Waals surface area contributed by atoms with Crippen LogP contribution < -0.4 is 19.5 Å². The molecular formula is C19H19F2NO6. The number of hydrogen-bond acceptors (Lipinski definition) is 6. The highest BCUT2D eigenvalue weighted by molar-refractivity contribution is 5.97. The molecule has 0 aliphatic heterocycles. The summed E-state index contributed by atoms with van der Waals surface area (Å²) in [5.41, 5.74) is 0.520. The minimum atomic E-state index is -2.96. The Kier molecular flexibility index (Phi) is 7.14. The summed E-state index contributed by atoms with van der Waals surface area (Å²) in [5.74, 6) is -0.502. The van der Waals surface area contributed by atoms with Crippen LogP contribution in [0.5, 0.6) is 17.2 Å². The topological polar surface area (TPSA) is 83.1 Å². The number of amides is 1. The van der Waals surface area contributed by atoms with Gasteiger partial charge in [0.1, 0.15) is 5.75 Å². The van der Waals surface area contributed by atoms with Crippen LogP contribution in [0.2, 0.25) is 0 Å². The van der Waals surface area contributed by atoms with Crippen molar-refractivity contribution in [3.8, 4) is 17.2 Å². The van der Waals surface area contributed by atoms with Gasteiger partial charge in [-0.05, 0) is 43.3 Å². The molecule has 2 aromatic carbocycles. The maximum absolute atomic E-state index is 12.2. The molecule has 0 saturated heterocycles. The van der Waals surface area contributed by atoms with Crippen molar-refractivity contribution in [2.75, 3.05) is 19.5 Å². The molecule has 0 aliphatic rings. The second kappa shape index (κ2) is 9.54. The minimum absolute atomic E-state index is 0.0902. The summed E-state index contributed by atoms with van der Waals surface area (Å²) in [6.07, 6.45) is -1.10. The van der Waals surface area contributed by atoms with E-state index in [1.165, 1.54) is 45.4 Å². The van der Waals surface area contributed by atoms with E-state index in [1.54, 1.807) is 18.2 Å². The second-order valence-electron chi connectivity index (χ2n) is 5.51. The number of carbonyl (C=O) groups is 2. The Bertz CT molecular complexity index is 826. The fourth-order valence-electron chi connectivity index (χ4n) is 2.21. The van der Waals surface area contributed by atoms with E-state index < -0.39 is 24.6 Å². The number of anilines is 1. The lowest BCUT2D eigenvalue weighted by molar-refractivity contribution is -0.123. The number of nitrogens with one attached hydrogen (secondary N) is 1. The minimum Gasteiger partial charge on any atom is -0.493 e. The molecule has 9 heteroatoms. The highest BCUT2D eigenvalue weighted by atomic mass is 19.3. The molecule has 7 nitrogen and oxygen atoms in total. The van der Waals surface area contributed by atoms with E-state index in [2.05, 4.69) is 10.1 Å². The Morgan fingerprint density at radius 2 is 1.61 bits per heavy atom. The van der Waals surface area contributed by atoms with E-state index in [9.17, 15) is 18.4 Å². The largest absolute Gasteiger partial charge is 0.493 e. The molecule has 1 atom stereocenters. The van der Waals surface area contributed by atoms with Crippen molar-refractivity contribution in [2.24, 2.45) is 0 Å². The molecule has 1 N–H and O–H groups in total. The number of carbonyl (C=O) groups excluding carboxylic acids is 2. The molecule has 0 aromatic heterocycles. The van der Waals surface area contributed by atoms with Gasteiger partial charge in [-0.3, -0.25) is 4.79 Å². The Balaban J connectivity index is 1.97. The number of alkyl halides is 2. The molecule has 0 radical (unpaired) electrons. The summed E-state index contributed by atoms with van der Waals surface area (Å²) in [5, 5.41) is 2.60. The summed E-state index contributed by atoms with van der Waals surface area (Å²) in [6.45, 7) is -1.56. The van der Waals surface area contributed by atoms with Gasteiger partial charge in [-0.2, -0.15) is 8.78 Å². The van der Waals surface area contributed by atoms with Gasteiger partial charge in [-0.25, -0.2) is 4.79 Å². The molecule has 0 fully saturated rings. The molecule has 28 heavy (non-hydrogen) atoms. The van der Waals surface area contributed by atoms with Crippen LogP contribution in [0.25, 0.3) is 0 Å². The smallest absolute Gasteiger partial charge is 0.387 e. The first-order valence-electron chi connectivity index (χ1n) is 8.12. The van der Waals surface area contributed by atoms with Crippen molar-refractivity contribution < 1.29 is 37.3 Å². The second-order valence-corrected chi connectivity index (χ2v) is 5.51. The molecule has 150 valence electrons. The normalized spacial score (nSPS) is 11.5. The molecular weight excluding hydrogens is 376 g/mol. The molecule has 0 spiro atoms. The molecule has 2 rings (SSSR count). The Hall–Kier alpha value is -3.36. The van der Waals surface area contributed by atoms with Crippen LogP contribution in [0.1, 0.15) is 17.3 Å². The molecule has 0 aliphatic carbocycles. The van der Waals surface area contributed by atoms with Crippen LogP contribution in [0, 0.1) is 0 Å². The van der Waals surface area contributed by atoms with Crippen LogP contribution in [-0.2, 0) is 9.53 Å². The quantitative estimate of drug-likeness (QED) is 0.689. The molecule has 2 aromatic rings. The fraction of sp³-hybridized carbons (Fsp3) is 0.263. The molecule has 0 bridgehead atoms. The fourth-order valence-corrected chi connectivity index (χ4v) is 2.21. The summed E-state index contributed by atoms with van der Waals surface area (Å²) in [7, 11) is 2.95. The van der Waals surface area contributed by atoms with Gasteiger partial charge in [0.15, 0.2) is 17.6 Å². The lowest BCUT2D eigenvalue weighted by atomic mass is 10.2. The highest BCUT2D eigenvalue weighted by Gasteiger charge is 2.20. The number of esters is 1. The summed E-state index contributed by atoms with van der Waals surface area (Å²) in [6, 6.07) is 9.73. The monoisotopic (exact) mass is 395 g/mol. The average Bonchev–Trinajstić information content (AvgIpc) is 2.67. The lowest BCUT2D eigenvalue weighted by Crippen LogP contribution is -2.30. The molecule has 1 unspecified atom stereocenters. The van der Waals surface area contributed by atoms with Gasteiger partial charge in [-0.1, -0.05) is 0 Å². The van der Waals surface area contributed by atoms with E-state index >= 15 is 0 Å². The van der Waals surface area contributed by atoms with E-state index in [0.717, 1.165) is 0 Å². The van der Waals surface area contributed by atoms with E-state index in [1.807, 2.05) is 0 Å². The lowest BCUT2D eigenvalue weighted by Gasteiger charge is -2.15. The van der Waals surface area contributed by atoms with Crippen molar-refractivity contribution in [1.82, 2.24) is 0 Å². The third-order valence-corrected chi connectivity index (χ3v) is 3.62. The maximum atomic E-state index is 12.2. The van der Waals surface area contributed by atoms with Crippen LogP contribution in [0.4, 0.5) is 14.5 Å². The maximum Gasteiger partial charge on any atom is 0.387 e. The van der Waals surface area contributed by atoms with Crippen LogP contribution in [0.15, 0.2) is 42.5 Å². The van der Waals surface area contributed by atoms with Crippen LogP contribution in [0.3, 0.4) is 0 Å². The van der Waals surface area contributed by atoms with Gasteiger partial charge in [0, 0.05) is 11.8 Å².